The SMILES string of the molecule is CC1Cc2ccccc2N1C(=O)c1cnn(C)c1. The molecular weight excluding hydrogens is 226 g/mol. The van der Waals surface area contributed by atoms with Gasteiger partial charge in [-0.25, -0.2) is 0 Å². The maximum Gasteiger partial charge on any atom is 0.261 e. The average Bonchev–Trinajstić information content (AvgIpc) is 2.91. The van der Waals surface area contributed by atoms with Crippen LogP contribution in [0.3, 0.4) is 0 Å². The Morgan fingerprint density at radius 2 is 2.17 bits per heavy atom. The molecule has 4 nitrogen and oxygen atoms in total. The lowest BCUT2D eigenvalue weighted by Gasteiger charge is -2.21. The summed E-state index contributed by atoms with van der Waals surface area (Å²) in [5, 5.41) is 4.06. The molecule has 1 aromatic carbocycles. The third-order valence-electron chi connectivity index (χ3n) is 3.38. The van der Waals surface area contributed by atoms with Gasteiger partial charge in [0.05, 0.1) is 11.8 Å². The summed E-state index contributed by atoms with van der Waals surface area (Å²) in [5.41, 5.74) is 2.90. The van der Waals surface area contributed by atoms with Crippen LogP contribution >= 0.6 is 0 Å². The summed E-state index contributed by atoms with van der Waals surface area (Å²) in [6.45, 7) is 2.08. The fraction of sp³-hybridized carbons (Fsp3) is 0.286. The van der Waals surface area contributed by atoms with Crippen LogP contribution < -0.4 is 4.90 Å². The van der Waals surface area contributed by atoms with Crippen LogP contribution in [0.2, 0.25) is 0 Å². The number of rotatable bonds is 1. The number of benzene rings is 1. The third kappa shape index (κ3) is 1.61. The van der Waals surface area contributed by atoms with E-state index in [0.717, 1.165) is 12.1 Å². The monoisotopic (exact) mass is 241 g/mol. The lowest BCUT2D eigenvalue weighted by molar-refractivity contribution is 0.0981. The van der Waals surface area contributed by atoms with E-state index in [9.17, 15) is 4.79 Å². The standard InChI is InChI=1S/C14H15N3O/c1-10-7-11-5-3-4-6-13(11)17(10)14(18)12-8-15-16(2)9-12/h3-6,8-10H,7H2,1-2H3. The summed E-state index contributed by atoms with van der Waals surface area (Å²) in [4.78, 5) is 14.4. The molecule has 92 valence electrons. The highest BCUT2D eigenvalue weighted by molar-refractivity contribution is 6.07. The zero-order valence-electron chi connectivity index (χ0n) is 10.5. The van der Waals surface area contributed by atoms with E-state index >= 15 is 0 Å². The molecule has 4 heteroatoms. The Morgan fingerprint density at radius 3 is 2.89 bits per heavy atom. The molecule has 0 fully saturated rings. The van der Waals surface area contributed by atoms with Gasteiger partial charge in [0.15, 0.2) is 0 Å². The number of carbonyl (C=O) groups excluding carboxylic acids is 1. The number of hydrogen-bond acceptors (Lipinski definition) is 2. The van der Waals surface area contributed by atoms with E-state index in [4.69, 9.17) is 0 Å². The molecular formula is C14H15N3O. The van der Waals surface area contributed by atoms with Crippen molar-refractivity contribution in [2.45, 2.75) is 19.4 Å². The average molecular weight is 241 g/mol. The van der Waals surface area contributed by atoms with Crippen molar-refractivity contribution in [2.75, 3.05) is 4.90 Å². The molecule has 1 unspecified atom stereocenters. The van der Waals surface area contributed by atoms with Gasteiger partial charge in [0.25, 0.3) is 5.91 Å². The summed E-state index contributed by atoms with van der Waals surface area (Å²) in [5.74, 6) is 0.0283. The van der Waals surface area contributed by atoms with Crippen LogP contribution in [0.5, 0.6) is 0 Å². The van der Waals surface area contributed by atoms with Gasteiger partial charge in [0, 0.05) is 25.0 Å². The Kier molecular flexibility index (Phi) is 2.44. The van der Waals surface area contributed by atoms with Crippen molar-refractivity contribution < 1.29 is 4.79 Å². The molecule has 18 heavy (non-hydrogen) atoms. The van der Waals surface area contributed by atoms with Gasteiger partial charge < -0.3 is 4.90 Å². The Morgan fingerprint density at radius 1 is 1.39 bits per heavy atom. The van der Waals surface area contributed by atoms with E-state index in [1.165, 1.54) is 5.56 Å². The van der Waals surface area contributed by atoms with Crippen LogP contribution in [0, 0.1) is 0 Å². The number of fused-ring (bicyclic) bond motifs is 1. The van der Waals surface area contributed by atoms with Crippen molar-refractivity contribution in [1.29, 1.82) is 0 Å². The minimum atomic E-state index is 0.0283. The molecule has 0 saturated carbocycles. The zero-order chi connectivity index (χ0) is 12.7. The van der Waals surface area contributed by atoms with Crippen LogP contribution in [-0.4, -0.2) is 21.7 Å². The minimum Gasteiger partial charge on any atom is -0.305 e. The molecule has 0 N–H and O–H groups in total. The normalized spacial score (nSPS) is 17.9. The molecule has 1 aromatic heterocycles. The van der Waals surface area contributed by atoms with Gasteiger partial charge in [-0.1, -0.05) is 18.2 Å². The molecule has 0 radical (unpaired) electrons. The summed E-state index contributed by atoms with van der Waals surface area (Å²) in [6.07, 6.45) is 4.30. The Bertz CT molecular complexity index is 603. The summed E-state index contributed by atoms with van der Waals surface area (Å²) in [6, 6.07) is 8.29. The number of anilines is 1. The molecule has 0 saturated heterocycles. The summed E-state index contributed by atoms with van der Waals surface area (Å²) < 4.78 is 1.65. The van der Waals surface area contributed by atoms with E-state index in [1.807, 2.05) is 30.1 Å². The Balaban J connectivity index is 2.00. The van der Waals surface area contributed by atoms with Crippen molar-refractivity contribution in [1.82, 2.24) is 9.78 Å². The largest absolute Gasteiger partial charge is 0.305 e. The van der Waals surface area contributed by atoms with Gasteiger partial charge in [-0.2, -0.15) is 5.10 Å². The van der Waals surface area contributed by atoms with Gasteiger partial charge >= 0.3 is 0 Å². The van der Waals surface area contributed by atoms with Crippen molar-refractivity contribution in [3.8, 4) is 0 Å². The quantitative estimate of drug-likeness (QED) is 0.766. The van der Waals surface area contributed by atoms with E-state index in [2.05, 4.69) is 18.1 Å². The lowest BCUT2D eigenvalue weighted by atomic mass is 10.1. The molecule has 2 aromatic rings. The predicted octanol–water partition coefficient (Wildman–Crippen LogP) is 2.01. The lowest BCUT2D eigenvalue weighted by Crippen LogP contribution is -2.35. The molecule has 3 rings (SSSR count). The topological polar surface area (TPSA) is 38.1 Å². The first-order chi connectivity index (χ1) is 8.66. The second-order valence-corrected chi connectivity index (χ2v) is 4.76. The second-order valence-electron chi connectivity index (χ2n) is 4.76. The molecule has 1 aliphatic heterocycles. The fourth-order valence-corrected chi connectivity index (χ4v) is 2.55. The highest BCUT2D eigenvalue weighted by Gasteiger charge is 2.31. The van der Waals surface area contributed by atoms with Gasteiger partial charge in [-0.15, -0.1) is 0 Å². The van der Waals surface area contributed by atoms with E-state index < -0.39 is 0 Å². The number of amides is 1. The molecule has 1 atom stereocenters. The van der Waals surface area contributed by atoms with Crippen molar-refractivity contribution in [2.24, 2.45) is 7.05 Å². The number of para-hydroxylation sites is 1. The maximum atomic E-state index is 12.5. The van der Waals surface area contributed by atoms with Gasteiger partial charge in [0.2, 0.25) is 0 Å². The molecule has 1 amide bonds. The van der Waals surface area contributed by atoms with Crippen LogP contribution in [-0.2, 0) is 13.5 Å². The Labute approximate surface area is 106 Å². The van der Waals surface area contributed by atoms with Gasteiger partial charge in [-0.3, -0.25) is 9.48 Å². The van der Waals surface area contributed by atoms with Crippen LogP contribution in [0.25, 0.3) is 0 Å². The van der Waals surface area contributed by atoms with Crippen molar-refractivity contribution in [3.63, 3.8) is 0 Å². The number of aryl methyl sites for hydroxylation is 1. The first-order valence-corrected chi connectivity index (χ1v) is 6.07. The van der Waals surface area contributed by atoms with E-state index in [0.29, 0.717) is 5.56 Å². The van der Waals surface area contributed by atoms with Crippen LogP contribution in [0.4, 0.5) is 5.69 Å². The van der Waals surface area contributed by atoms with E-state index in [1.54, 1.807) is 17.1 Å². The zero-order valence-corrected chi connectivity index (χ0v) is 10.5. The first-order valence-electron chi connectivity index (χ1n) is 6.07. The number of hydrogen-bond donors (Lipinski definition) is 0. The second kappa shape index (κ2) is 3.98. The molecule has 0 aliphatic carbocycles. The summed E-state index contributed by atoms with van der Waals surface area (Å²) >= 11 is 0. The third-order valence-corrected chi connectivity index (χ3v) is 3.38. The fourth-order valence-electron chi connectivity index (χ4n) is 2.55. The highest BCUT2D eigenvalue weighted by Crippen LogP contribution is 2.32. The molecule has 1 aliphatic rings. The first kappa shape index (κ1) is 11.0. The van der Waals surface area contributed by atoms with Gasteiger partial charge in [-0.05, 0) is 25.0 Å². The van der Waals surface area contributed by atoms with Crippen LogP contribution in [0.15, 0.2) is 36.7 Å². The highest BCUT2D eigenvalue weighted by atomic mass is 16.2. The molecule has 0 bridgehead atoms. The van der Waals surface area contributed by atoms with Gasteiger partial charge in [0.1, 0.15) is 0 Å². The smallest absolute Gasteiger partial charge is 0.261 e. The van der Waals surface area contributed by atoms with Crippen LogP contribution in [0.1, 0.15) is 22.8 Å². The summed E-state index contributed by atoms with van der Waals surface area (Å²) in [7, 11) is 1.82. The Hall–Kier alpha value is -2.10. The molecule has 2 heterocycles. The van der Waals surface area contributed by atoms with Crippen molar-refractivity contribution >= 4 is 11.6 Å². The number of nitrogens with zero attached hydrogens (tertiary/aromatic N) is 3. The maximum absolute atomic E-state index is 12.5. The van der Waals surface area contributed by atoms with Crippen molar-refractivity contribution in [3.05, 3.63) is 47.8 Å². The van der Waals surface area contributed by atoms with E-state index in [-0.39, 0.29) is 11.9 Å². The molecule has 0 spiro atoms. The number of carbonyl (C=O) groups is 1. The predicted molar refractivity (Wildman–Crippen MR) is 69.6 cm³/mol. The number of aromatic nitrogens is 2. The minimum absolute atomic E-state index is 0.0283.